The Kier molecular flexibility index (Phi) is 3.39. The summed E-state index contributed by atoms with van der Waals surface area (Å²) < 4.78 is 17.7. The van der Waals surface area contributed by atoms with Gasteiger partial charge in [-0.05, 0) is 29.5 Å². The summed E-state index contributed by atoms with van der Waals surface area (Å²) in [5.74, 6) is -0.568. The van der Waals surface area contributed by atoms with E-state index in [2.05, 4.69) is 9.72 Å². The monoisotopic (exact) mass is 301 g/mol. The minimum Gasteiger partial charge on any atom is -0.461 e. The van der Waals surface area contributed by atoms with Gasteiger partial charge in [-0.3, -0.25) is 0 Å². The highest BCUT2D eigenvalue weighted by Gasteiger charge is 2.16. The Hall–Kier alpha value is -0.240. The Morgan fingerprint density at radius 1 is 1.83 bits per heavy atom. The molecule has 6 heteroatoms. The van der Waals surface area contributed by atoms with Crippen molar-refractivity contribution in [1.82, 2.24) is 4.98 Å². The molecule has 0 fully saturated rings. The van der Waals surface area contributed by atoms with Gasteiger partial charge in [-0.1, -0.05) is 11.3 Å². The summed E-state index contributed by atoms with van der Waals surface area (Å²) in [6.45, 7) is 1.96. The van der Waals surface area contributed by atoms with Crippen LogP contribution in [0.15, 0.2) is 0 Å². The molecule has 0 bridgehead atoms. The first-order chi connectivity index (χ1) is 5.65. The molecule has 0 saturated carbocycles. The summed E-state index contributed by atoms with van der Waals surface area (Å²) in [6.07, 6.45) is 0. The molecular formula is C6H5FINO2S. The van der Waals surface area contributed by atoms with Gasteiger partial charge in [-0.2, -0.15) is 4.39 Å². The second-order valence-electron chi connectivity index (χ2n) is 1.81. The van der Waals surface area contributed by atoms with E-state index in [1.165, 1.54) is 0 Å². The fourth-order valence-electron chi connectivity index (χ4n) is 0.602. The van der Waals surface area contributed by atoms with E-state index < -0.39 is 11.2 Å². The molecule has 0 amide bonds. The standard InChI is InChI=1S/C6H5FINO2S/c1-2-11-5(10)3-4(8)12-6(7)9-3/h2H2,1H3. The van der Waals surface area contributed by atoms with E-state index in [0.717, 1.165) is 11.3 Å². The first-order valence-electron chi connectivity index (χ1n) is 3.14. The van der Waals surface area contributed by atoms with Crippen LogP contribution in [0.25, 0.3) is 0 Å². The van der Waals surface area contributed by atoms with Crippen molar-refractivity contribution in [3.05, 3.63) is 13.8 Å². The number of thiazole rings is 1. The van der Waals surface area contributed by atoms with Crippen molar-refractivity contribution < 1.29 is 13.9 Å². The second-order valence-corrected chi connectivity index (χ2v) is 4.57. The van der Waals surface area contributed by atoms with Crippen LogP contribution in [0.3, 0.4) is 0 Å². The molecule has 0 saturated heterocycles. The molecule has 1 aromatic rings. The molecule has 3 nitrogen and oxygen atoms in total. The van der Waals surface area contributed by atoms with Gasteiger partial charge in [0.15, 0.2) is 5.69 Å². The molecule has 0 aliphatic rings. The molecule has 0 unspecified atom stereocenters. The van der Waals surface area contributed by atoms with E-state index in [1.54, 1.807) is 6.92 Å². The van der Waals surface area contributed by atoms with Crippen LogP contribution in [0.4, 0.5) is 4.39 Å². The summed E-state index contributed by atoms with van der Waals surface area (Å²) in [5, 5.41) is -0.609. The van der Waals surface area contributed by atoms with Crippen molar-refractivity contribution in [1.29, 1.82) is 0 Å². The number of aromatic nitrogens is 1. The molecule has 0 aliphatic heterocycles. The maximum absolute atomic E-state index is 12.5. The molecule has 66 valence electrons. The third-order valence-electron chi connectivity index (χ3n) is 1.03. The number of halogens is 2. The highest BCUT2D eigenvalue weighted by Crippen LogP contribution is 2.19. The van der Waals surface area contributed by atoms with Crippen molar-refractivity contribution in [2.75, 3.05) is 6.61 Å². The number of esters is 1. The normalized spacial score (nSPS) is 9.92. The number of carbonyl (C=O) groups excluding carboxylic acids is 1. The van der Waals surface area contributed by atoms with Crippen LogP contribution in [-0.2, 0) is 4.74 Å². The van der Waals surface area contributed by atoms with Gasteiger partial charge in [0.25, 0.3) is 5.26 Å². The van der Waals surface area contributed by atoms with Crippen molar-refractivity contribution in [2.24, 2.45) is 0 Å². The van der Waals surface area contributed by atoms with E-state index in [4.69, 9.17) is 0 Å². The van der Waals surface area contributed by atoms with Crippen molar-refractivity contribution in [3.8, 4) is 0 Å². The Morgan fingerprint density at radius 3 is 2.92 bits per heavy atom. The summed E-state index contributed by atoms with van der Waals surface area (Å²) in [7, 11) is 0. The molecule has 1 heterocycles. The van der Waals surface area contributed by atoms with Crippen LogP contribution in [0.1, 0.15) is 17.4 Å². The van der Waals surface area contributed by atoms with E-state index >= 15 is 0 Å². The number of carbonyl (C=O) groups is 1. The summed E-state index contributed by atoms with van der Waals surface area (Å²) in [6, 6.07) is 0. The minimum absolute atomic E-state index is 0.0694. The lowest BCUT2D eigenvalue weighted by Crippen LogP contribution is -2.06. The molecule has 1 rings (SSSR count). The Bertz CT molecular complexity index is 302. The predicted molar refractivity (Wildman–Crippen MR) is 50.7 cm³/mol. The molecule has 1 aromatic heterocycles. The maximum Gasteiger partial charge on any atom is 0.359 e. The second kappa shape index (κ2) is 4.13. The highest BCUT2D eigenvalue weighted by atomic mass is 127. The van der Waals surface area contributed by atoms with Gasteiger partial charge in [0.05, 0.1) is 6.61 Å². The van der Waals surface area contributed by atoms with Gasteiger partial charge < -0.3 is 4.74 Å². The molecule has 0 radical (unpaired) electrons. The van der Waals surface area contributed by atoms with E-state index in [-0.39, 0.29) is 12.3 Å². The first kappa shape index (κ1) is 9.85. The highest BCUT2D eigenvalue weighted by molar-refractivity contribution is 14.1. The smallest absolute Gasteiger partial charge is 0.359 e. The molecule has 0 aromatic carbocycles. The Balaban J connectivity index is 2.87. The average Bonchev–Trinajstić information content (AvgIpc) is 2.30. The lowest BCUT2D eigenvalue weighted by molar-refractivity contribution is 0.0518. The van der Waals surface area contributed by atoms with Crippen LogP contribution in [-0.4, -0.2) is 17.6 Å². The predicted octanol–water partition coefficient (Wildman–Crippen LogP) is 2.06. The topological polar surface area (TPSA) is 39.2 Å². The number of ether oxygens (including phenoxy) is 1. The average molecular weight is 301 g/mol. The van der Waals surface area contributed by atoms with Gasteiger partial charge >= 0.3 is 5.97 Å². The zero-order valence-electron chi connectivity index (χ0n) is 6.13. The number of nitrogens with zero attached hydrogens (tertiary/aromatic N) is 1. The van der Waals surface area contributed by atoms with Crippen LogP contribution in [0, 0.1) is 8.15 Å². The van der Waals surface area contributed by atoms with E-state index in [9.17, 15) is 9.18 Å². The zero-order chi connectivity index (χ0) is 9.14. The van der Waals surface area contributed by atoms with E-state index in [0.29, 0.717) is 2.88 Å². The lowest BCUT2D eigenvalue weighted by Gasteiger charge is -1.96. The largest absolute Gasteiger partial charge is 0.461 e. The van der Waals surface area contributed by atoms with Crippen molar-refractivity contribution in [2.45, 2.75) is 6.92 Å². The molecule has 12 heavy (non-hydrogen) atoms. The van der Waals surface area contributed by atoms with Gasteiger partial charge in [0.2, 0.25) is 0 Å². The fraction of sp³-hybridized carbons (Fsp3) is 0.333. The summed E-state index contributed by atoms with van der Waals surface area (Å²) in [5.41, 5.74) is 0.0694. The Morgan fingerprint density at radius 2 is 2.50 bits per heavy atom. The number of hydrogen-bond acceptors (Lipinski definition) is 4. The minimum atomic E-state index is -0.609. The van der Waals surface area contributed by atoms with Crippen molar-refractivity contribution in [3.63, 3.8) is 0 Å². The van der Waals surface area contributed by atoms with Gasteiger partial charge in [-0.25, -0.2) is 9.78 Å². The molecule has 0 spiro atoms. The first-order valence-corrected chi connectivity index (χ1v) is 5.03. The van der Waals surface area contributed by atoms with Crippen LogP contribution < -0.4 is 0 Å². The lowest BCUT2D eigenvalue weighted by atomic mass is 10.5. The van der Waals surface area contributed by atoms with Crippen LogP contribution >= 0.6 is 33.9 Å². The van der Waals surface area contributed by atoms with Gasteiger partial charge in [-0.15, -0.1) is 0 Å². The van der Waals surface area contributed by atoms with Gasteiger partial charge in [0, 0.05) is 0 Å². The number of hydrogen-bond donors (Lipinski definition) is 0. The van der Waals surface area contributed by atoms with Crippen LogP contribution in [0.5, 0.6) is 0 Å². The fourth-order valence-corrected chi connectivity index (χ4v) is 2.00. The Labute approximate surface area is 86.1 Å². The zero-order valence-corrected chi connectivity index (χ0v) is 9.11. The van der Waals surface area contributed by atoms with Gasteiger partial charge in [0.1, 0.15) is 2.88 Å². The van der Waals surface area contributed by atoms with E-state index in [1.807, 2.05) is 22.6 Å². The molecular weight excluding hydrogens is 296 g/mol. The quantitative estimate of drug-likeness (QED) is 0.620. The third kappa shape index (κ3) is 2.13. The summed E-state index contributed by atoms with van der Waals surface area (Å²) in [4.78, 5) is 14.4. The maximum atomic E-state index is 12.5. The SMILES string of the molecule is CCOC(=O)c1nc(F)sc1I. The molecule has 0 N–H and O–H groups in total. The van der Waals surface area contributed by atoms with Crippen LogP contribution in [0.2, 0.25) is 0 Å². The summed E-state index contributed by atoms with van der Waals surface area (Å²) >= 11 is 2.68. The number of rotatable bonds is 2. The van der Waals surface area contributed by atoms with Crippen molar-refractivity contribution >= 4 is 39.9 Å². The molecule has 0 atom stereocenters. The third-order valence-corrected chi connectivity index (χ3v) is 2.83. The molecule has 0 aliphatic carbocycles.